The fraction of sp³-hybridized carbons (Fsp3) is 0.100. The summed E-state index contributed by atoms with van der Waals surface area (Å²) in [5, 5.41) is 7.41. The van der Waals surface area contributed by atoms with Crippen LogP contribution < -0.4 is 10.6 Å². The molecular formula is C20H17Cl2N3O. The third-order valence-electron chi connectivity index (χ3n) is 3.83. The minimum absolute atomic E-state index is 0.258. The maximum atomic E-state index is 12.3. The SMILES string of the molecule is O=C(NCc1ccccc1Cl)c1cc(NCc2ccccc2Cl)ccn1. The lowest BCUT2D eigenvalue weighted by atomic mass is 10.2. The molecule has 1 aromatic heterocycles. The fourth-order valence-corrected chi connectivity index (χ4v) is 2.82. The lowest BCUT2D eigenvalue weighted by Gasteiger charge is -2.10. The second-order valence-corrected chi connectivity index (χ2v) is 6.46. The summed E-state index contributed by atoms with van der Waals surface area (Å²) < 4.78 is 0. The minimum Gasteiger partial charge on any atom is -0.381 e. The van der Waals surface area contributed by atoms with Crippen LogP contribution in [-0.2, 0) is 13.1 Å². The van der Waals surface area contributed by atoms with Crippen molar-refractivity contribution in [3.8, 4) is 0 Å². The Morgan fingerprint density at radius 3 is 2.15 bits per heavy atom. The van der Waals surface area contributed by atoms with Gasteiger partial charge in [0.2, 0.25) is 0 Å². The van der Waals surface area contributed by atoms with Crippen molar-refractivity contribution in [2.75, 3.05) is 5.32 Å². The van der Waals surface area contributed by atoms with Gasteiger partial charge in [-0.15, -0.1) is 0 Å². The highest BCUT2D eigenvalue weighted by atomic mass is 35.5. The van der Waals surface area contributed by atoms with E-state index in [-0.39, 0.29) is 5.91 Å². The van der Waals surface area contributed by atoms with Gasteiger partial charge in [0.15, 0.2) is 0 Å². The van der Waals surface area contributed by atoms with Gasteiger partial charge >= 0.3 is 0 Å². The van der Waals surface area contributed by atoms with Gasteiger partial charge in [0.1, 0.15) is 5.69 Å². The first-order chi connectivity index (χ1) is 12.6. The molecule has 0 bridgehead atoms. The summed E-state index contributed by atoms with van der Waals surface area (Å²) in [6, 6.07) is 18.5. The number of nitrogens with one attached hydrogen (secondary N) is 2. The molecule has 6 heteroatoms. The standard InChI is InChI=1S/C20H17Cl2N3O/c21-17-7-3-1-5-14(17)12-24-16-9-10-23-19(11-16)20(26)25-13-15-6-2-4-8-18(15)22/h1-11H,12-13H2,(H,23,24)(H,25,26). The molecule has 0 atom stereocenters. The van der Waals surface area contributed by atoms with Crippen LogP contribution >= 0.6 is 23.2 Å². The summed E-state index contributed by atoms with van der Waals surface area (Å²) >= 11 is 12.3. The van der Waals surface area contributed by atoms with Crippen LogP contribution in [0.25, 0.3) is 0 Å². The van der Waals surface area contributed by atoms with E-state index in [1.807, 2.05) is 48.5 Å². The zero-order valence-corrected chi connectivity index (χ0v) is 15.4. The van der Waals surface area contributed by atoms with E-state index in [0.717, 1.165) is 16.8 Å². The first kappa shape index (κ1) is 18.2. The van der Waals surface area contributed by atoms with Crippen LogP contribution in [0.2, 0.25) is 10.0 Å². The third kappa shape index (κ3) is 4.75. The molecule has 132 valence electrons. The number of anilines is 1. The monoisotopic (exact) mass is 385 g/mol. The molecule has 3 aromatic rings. The highest BCUT2D eigenvalue weighted by Gasteiger charge is 2.09. The normalized spacial score (nSPS) is 10.4. The third-order valence-corrected chi connectivity index (χ3v) is 4.57. The topological polar surface area (TPSA) is 54.0 Å². The van der Waals surface area contributed by atoms with Crippen LogP contribution in [0.1, 0.15) is 21.6 Å². The number of nitrogens with zero attached hydrogens (tertiary/aromatic N) is 1. The minimum atomic E-state index is -0.258. The molecule has 3 rings (SSSR count). The summed E-state index contributed by atoms with van der Waals surface area (Å²) in [5.74, 6) is -0.258. The molecule has 1 amide bonds. The predicted octanol–water partition coefficient (Wildman–Crippen LogP) is 4.93. The van der Waals surface area contributed by atoms with Crippen molar-refractivity contribution in [2.45, 2.75) is 13.1 Å². The van der Waals surface area contributed by atoms with E-state index in [9.17, 15) is 4.79 Å². The van der Waals surface area contributed by atoms with Gasteiger partial charge in [-0.2, -0.15) is 0 Å². The van der Waals surface area contributed by atoms with E-state index in [4.69, 9.17) is 23.2 Å². The highest BCUT2D eigenvalue weighted by molar-refractivity contribution is 6.31. The number of carbonyl (C=O) groups is 1. The Bertz CT molecular complexity index is 915. The zero-order valence-electron chi connectivity index (χ0n) is 13.9. The summed E-state index contributed by atoms with van der Waals surface area (Å²) in [6.45, 7) is 0.905. The molecule has 0 radical (unpaired) electrons. The molecule has 0 aliphatic rings. The van der Waals surface area contributed by atoms with Crippen LogP contribution in [-0.4, -0.2) is 10.9 Å². The molecule has 0 spiro atoms. The molecule has 0 saturated heterocycles. The van der Waals surface area contributed by atoms with Crippen molar-refractivity contribution < 1.29 is 4.79 Å². The molecule has 0 fully saturated rings. The first-order valence-corrected chi connectivity index (χ1v) is 8.84. The largest absolute Gasteiger partial charge is 0.381 e. The van der Waals surface area contributed by atoms with Crippen molar-refractivity contribution in [1.82, 2.24) is 10.3 Å². The molecule has 2 aromatic carbocycles. The van der Waals surface area contributed by atoms with E-state index in [2.05, 4.69) is 15.6 Å². The Morgan fingerprint density at radius 1 is 0.885 bits per heavy atom. The van der Waals surface area contributed by atoms with Crippen LogP contribution in [0.5, 0.6) is 0 Å². The average Bonchev–Trinajstić information content (AvgIpc) is 2.67. The number of carbonyl (C=O) groups excluding carboxylic acids is 1. The molecule has 0 aliphatic carbocycles. The summed E-state index contributed by atoms with van der Waals surface area (Å²) in [5.41, 5.74) is 2.97. The van der Waals surface area contributed by atoms with Crippen molar-refractivity contribution in [1.29, 1.82) is 0 Å². The van der Waals surface area contributed by atoms with Gasteiger partial charge in [-0.05, 0) is 35.4 Å². The Hall–Kier alpha value is -2.56. The Labute approximate surface area is 162 Å². The molecule has 4 nitrogen and oxygen atoms in total. The molecule has 0 unspecified atom stereocenters. The Morgan fingerprint density at radius 2 is 1.50 bits per heavy atom. The number of benzene rings is 2. The zero-order chi connectivity index (χ0) is 18.4. The van der Waals surface area contributed by atoms with Crippen molar-refractivity contribution in [3.63, 3.8) is 0 Å². The molecular weight excluding hydrogens is 369 g/mol. The van der Waals surface area contributed by atoms with E-state index in [0.29, 0.717) is 28.8 Å². The number of amides is 1. The van der Waals surface area contributed by atoms with Crippen molar-refractivity contribution in [2.24, 2.45) is 0 Å². The molecule has 2 N–H and O–H groups in total. The average molecular weight is 386 g/mol. The van der Waals surface area contributed by atoms with Gasteiger partial charge in [-0.1, -0.05) is 59.6 Å². The van der Waals surface area contributed by atoms with Gasteiger partial charge in [-0.25, -0.2) is 0 Å². The van der Waals surface area contributed by atoms with Gasteiger partial charge in [0, 0.05) is 35.0 Å². The number of aromatic nitrogens is 1. The summed E-state index contributed by atoms with van der Waals surface area (Å²) in [6.07, 6.45) is 1.60. The van der Waals surface area contributed by atoms with E-state index >= 15 is 0 Å². The summed E-state index contributed by atoms with van der Waals surface area (Å²) in [4.78, 5) is 16.5. The van der Waals surface area contributed by atoms with Crippen LogP contribution in [0.15, 0.2) is 66.9 Å². The first-order valence-electron chi connectivity index (χ1n) is 8.08. The number of halogens is 2. The van der Waals surface area contributed by atoms with Crippen LogP contribution in [0.4, 0.5) is 5.69 Å². The van der Waals surface area contributed by atoms with E-state index in [1.165, 1.54) is 0 Å². The van der Waals surface area contributed by atoms with Gasteiger partial charge in [0.05, 0.1) is 0 Å². The van der Waals surface area contributed by atoms with Gasteiger partial charge in [-0.3, -0.25) is 9.78 Å². The van der Waals surface area contributed by atoms with Gasteiger partial charge < -0.3 is 10.6 Å². The smallest absolute Gasteiger partial charge is 0.270 e. The number of hydrogen-bond acceptors (Lipinski definition) is 3. The Kier molecular flexibility index (Phi) is 6.10. The molecule has 0 saturated carbocycles. The van der Waals surface area contributed by atoms with E-state index < -0.39 is 0 Å². The fourth-order valence-electron chi connectivity index (χ4n) is 2.41. The van der Waals surface area contributed by atoms with Crippen molar-refractivity contribution >= 4 is 34.8 Å². The van der Waals surface area contributed by atoms with E-state index in [1.54, 1.807) is 18.3 Å². The number of pyridine rings is 1. The summed E-state index contributed by atoms with van der Waals surface area (Å²) in [7, 11) is 0. The number of rotatable bonds is 6. The van der Waals surface area contributed by atoms with Crippen LogP contribution in [0, 0.1) is 0 Å². The predicted molar refractivity (Wildman–Crippen MR) is 106 cm³/mol. The molecule has 0 aliphatic heterocycles. The highest BCUT2D eigenvalue weighted by Crippen LogP contribution is 2.18. The maximum Gasteiger partial charge on any atom is 0.270 e. The lowest BCUT2D eigenvalue weighted by Crippen LogP contribution is -2.24. The molecule has 26 heavy (non-hydrogen) atoms. The van der Waals surface area contributed by atoms with Crippen LogP contribution in [0.3, 0.4) is 0 Å². The van der Waals surface area contributed by atoms with Crippen molar-refractivity contribution in [3.05, 3.63) is 93.7 Å². The number of hydrogen-bond donors (Lipinski definition) is 2. The Balaban J connectivity index is 1.62. The second-order valence-electron chi connectivity index (χ2n) is 5.65. The van der Waals surface area contributed by atoms with Gasteiger partial charge in [0.25, 0.3) is 5.91 Å². The maximum absolute atomic E-state index is 12.3. The molecule has 1 heterocycles. The lowest BCUT2D eigenvalue weighted by molar-refractivity contribution is 0.0946. The quantitative estimate of drug-likeness (QED) is 0.632. The second kappa shape index (κ2) is 8.70.